The van der Waals surface area contributed by atoms with Crippen LogP contribution in [-0.4, -0.2) is 146 Å². The van der Waals surface area contributed by atoms with Gasteiger partial charge in [-0.25, -0.2) is 0 Å². The van der Waals surface area contributed by atoms with E-state index in [1.807, 2.05) is 26.8 Å². The molecule has 0 aromatic heterocycles. The number of aliphatic hydroxyl groups excluding tert-OH is 1. The Morgan fingerprint density at radius 1 is 0.908 bits per heavy atom. The molecule has 5 aliphatic heterocycles. The lowest BCUT2D eigenvalue weighted by Gasteiger charge is -2.47. The molecule has 6 aliphatic rings. The molecule has 0 aromatic carbocycles. The van der Waals surface area contributed by atoms with Crippen molar-refractivity contribution in [1.29, 1.82) is 0 Å². The van der Waals surface area contributed by atoms with Crippen LogP contribution in [0.5, 0.6) is 0 Å². The molecule has 5 fully saturated rings. The number of cyclic esters (lactones) is 1. The van der Waals surface area contributed by atoms with Crippen LogP contribution in [0, 0.1) is 29.6 Å². The molecule has 3 unspecified atom stereocenters. The Balaban J connectivity index is 1.28. The van der Waals surface area contributed by atoms with Gasteiger partial charge in [-0.3, -0.25) is 19.2 Å². The first-order valence-corrected chi connectivity index (χ1v) is 24.1. The number of piperidine rings is 1. The van der Waals surface area contributed by atoms with E-state index >= 15 is 0 Å². The van der Waals surface area contributed by atoms with Crippen LogP contribution in [0.3, 0.4) is 0 Å². The average molecular weight is 916 g/mol. The van der Waals surface area contributed by atoms with E-state index in [0.717, 1.165) is 30.4 Å². The van der Waals surface area contributed by atoms with Crippen LogP contribution in [0.25, 0.3) is 0 Å². The third-order valence-electron chi connectivity index (χ3n) is 15.0. The molecule has 15 heteroatoms. The van der Waals surface area contributed by atoms with Gasteiger partial charge in [0.25, 0.3) is 11.7 Å². The topological polar surface area (TPSA) is 189 Å². The SMILES string of the molecule is C=CC[C@@H]1/C=C(\C)C[C@H](C)C[C@H](OC)C2O[C@@](O)(C(=O)C(=O)N3CCCC[C@H]3C3O[C@@H]3O[C@H](/C(C)=C/[C@@H]3CCC(OC[C@@H]4CCC(=O)O4)[C@H](OC)C3)[C@H](C)[C@@H](O)CC1=O)[C@H](C)C[C@@H]2OC. The molecule has 2 N–H and O–H groups in total. The van der Waals surface area contributed by atoms with Crippen LogP contribution in [0.2, 0.25) is 0 Å². The first kappa shape index (κ1) is 51.5. The molecule has 6 rings (SSSR count). The minimum atomic E-state index is -2.42. The largest absolute Gasteiger partial charge is 0.460 e. The third-order valence-corrected chi connectivity index (χ3v) is 15.0. The molecular weight excluding hydrogens is 839 g/mol. The number of Topliss-reactive ketones (excluding diaryl/α,β-unsaturated/α-hetero) is 2. The molecule has 15 nitrogen and oxygen atoms in total. The van der Waals surface area contributed by atoms with E-state index in [-0.39, 0.29) is 54.7 Å². The highest BCUT2D eigenvalue weighted by Gasteiger charge is 2.58. The molecule has 17 atom stereocenters. The number of hydrogen-bond acceptors (Lipinski definition) is 14. The summed E-state index contributed by atoms with van der Waals surface area (Å²) in [5.41, 5.74) is 1.85. The second-order valence-electron chi connectivity index (χ2n) is 19.9. The first-order valence-electron chi connectivity index (χ1n) is 24.1. The predicted octanol–water partition coefficient (Wildman–Crippen LogP) is 5.57. The number of hydrogen-bond donors (Lipinski definition) is 2. The Hall–Kier alpha value is -2.86. The Morgan fingerprint density at radius 3 is 2.31 bits per heavy atom. The van der Waals surface area contributed by atoms with Crippen LogP contribution in [0.4, 0.5) is 0 Å². The number of carbonyl (C=O) groups excluding carboxylic acids is 4. The van der Waals surface area contributed by atoms with Crippen LogP contribution in [0.1, 0.15) is 118 Å². The fourth-order valence-electron chi connectivity index (χ4n) is 11.1. The molecule has 366 valence electrons. The van der Waals surface area contributed by atoms with Crippen LogP contribution in [-0.2, 0) is 57.1 Å². The Bertz CT molecular complexity index is 1730. The van der Waals surface area contributed by atoms with Gasteiger partial charge in [-0.2, -0.15) is 0 Å². The lowest BCUT2D eigenvalue weighted by atomic mass is 9.81. The van der Waals surface area contributed by atoms with Crippen molar-refractivity contribution in [2.45, 2.75) is 191 Å². The number of esters is 1. The third kappa shape index (κ3) is 12.4. The fraction of sp³-hybridized carbons (Fsp3) is 0.800. The van der Waals surface area contributed by atoms with Crippen molar-refractivity contribution < 1.29 is 67.3 Å². The molecule has 65 heavy (non-hydrogen) atoms. The Morgan fingerprint density at radius 2 is 1.63 bits per heavy atom. The minimum absolute atomic E-state index is 0.0264. The maximum atomic E-state index is 14.4. The van der Waals surface area contributed by atoms with Crippen molar-refractivity contribution in [1.82, 2.24) is 4.90 Å². The zero-order valence-electron chi connectivity index (χ0n) is 40.0. The maximum absolute atomic E-state index is 14.4. The van der Waals surface area contributed by atoms with Crippen molar-refractivity contribution >= 4 is 23.4 Å². The number of ketones is 2. The first-order chi connectivity index (χ1) is 31.0. The average Bonchev–Trinajstić information content (AvgIpc) is 3.94. The second kappa shape index (κ2) is 23.0. The predicted molar refractivity (Wildman–Crippen MR) is 239 cm³/mol. The van der Waals surface area contributed by atoms with E-state index in [1.165, 1.54) is 4.90 Å². The lowest BCUT2D eigenvalue weighted by Crippen LogP contribution is -2.64. The Labute approximate surface area is 385 Å². The number of carbonyl (C=O) groups is 4. The number of amides is 1. The highest BCUT2D eigenvalue weighted by molar-refractivity contribution is 6.38. The summed E-state index contributed by atoms with van der Waals surface area (Å²) in [5, 5.41) is 24.1. The second-order valence-corrected chi connectivity index (χ2v) is 19.9. The van der Waals surface area contributed by atoms with Gasteiger partial charge in [-0.05, 0) is 102 Å². The number of fused-ring (bicyclic) bond motifs is 5. The van der Waals surface area contributed by atoms with Gasteiger partial charge in [0, 0.05) is 58.5 Å². The molecule has 1 saturated carbocycles. The van der Waals surface area contributed by atoms with Crippen LogP contribution >= 0.6 is 0 Å². The molecule has 1 amide bonds. The summed E-state index contributed by atoms with van der Waals surface area (Å²) in [7, 11) is 4.79. The molecule has 5 heterocycles. The van der Waals surface area contributed by atoms with Crippen molar-refractivity contribution in [3.8, 4) is 0 Å². The van der Waals surface area contributed by atoms with Crippen molar-refractivity contribution in [2.24, 2.45) is 29.6 Å². The quantitative estimate of drug-likeness (QED) is 0.120. The van der Waals surface area contributed by atoms with Gasteiger partial charge < -0.3 is 53.0 Å². The highest BCUT2D eigenvalue weighted by atomic mass is 16.8. The number of allylic oxidation sites excluding steroid dienone is 4. The zero-order valence-corrected chi connectivity index (χ0v) is 40.0. The van der Waals surface area contributed by atoms with Gasteiger partial charge in [0.2, 0.25) is 5.79 Å². The summed E-state index contributed by atoms with van der Waals surface area (Å²) >= 11 is 0. The Kier molecular flexibility index (Phi) is 18.2. The fourth-order valence-corrected chi connectivity index (χ4v) is 11.1. The minimum Gasteiger partial charge on any atom is -0.460 e. The van der Waals surface area contributed by atoms with Crippen molar-refractivity contribution in [3.63, 3.8) is 0 Å². The molecular formula is C50H77NO14. The molecule has 4 saturated heterocycles. The molecule has 0 spiro atoms. The number of aliphatic hydroxyl groups is 2. The summed E-state index contributed by atoms with van der Waals surface area (Å²) in [5.74, 6) is -6.25. The molecule has 2 bridgehead atoms. The summed E-state index contributed by atoms with van der Waals surface area (Å²) in [6.45, 7) is 14.2. The van der Waals surface area contributed by atoms with E-state index < -0.39 is 84.2 Å². The number of rotatable bonds is 10. The zero-order chi connectivity index (χ0) is 47.2. The summed E-state index contributed by atoms with van der Waals surface area (Å²) in [6, 6.07) is -0.507. The normalized spacial score (nSPS) is 42.7. The van der Waals surface area contributed by atoms with Crippen LogP contribution in [0.15, 0.2) is 36.0 Å². The lowest BCUT2D eigenvalue weighted by molar-refractivity contribution is -0.302. The van der Waals surface area contributed by atoms with Crippen LogP contribution < -0.4 is 0 Å². The van der Waals surface area contributed by atoms with Gasteiger partial charge >= 0.3 is 5.97 Å². The van der Waals surface area contributed by atoms with E-state index in [1.54, 1.807) is 34.3 Å². The van der Waals surface area contributed by atoms with E-state index in [0.29, 0.717) is 64.5 Å². The van der Waals surface area contributed by atoms with Gasteiger partial charge in [0.05, 0.1) is 49.3 Å². The summed E-state index contributed by atoms with van der Waals surface area (Å²) < 4.78 is 48.7. The van der Waals surface area contributed by atoms with Gasteiger partial charge in [0.1, 0.15) is 24.1 Å². The van der Waals surface area contributed by atoms with Crippen molar-refractivity contribution in [2.75, 3.05) is 34.5 Å². The smallest absolute Gasteiger partial charge is 0.306 e. The van der Waals surface area contributed by atoms with Crippen molar-refractivity contribution in [3.05, 3.63) is 36.0 Å². The van der Waals surface area contributed by atoms with Gasteiger partial charge in [-0.1, -0.05) is 44.6 Å². The van der Waals surface area contributed by atoms with E-state index in [4.69, 9.17) is 37.9 Å². The standard InChI is InChI=1S/C50H77NO14/c1-10-13-34-21-28(2)20-29(3)22-41(59-8)46-42(60-9)24-31(5)50(57,65-46)47(55)48(56)51-19-12-11-14-36(51)45-49(64-45)63-44(32(6)37(52)26-38(34)53)30(4)23-33-15-17-39(40(25-33)58-7)61-27-35-16-18-43(54)62-35/h10,21,23,29,31-37,39-42,44-46,49,52,57H,1,11-20,22,24-27H2,2-9H3/b28-21+,30-23+/t29-,31+,32+,33-,34+,35-,36-,37-,39?,40+,41-,42-,44+,45?,46?,49-,50+/m0/s1. The number of epoxide rings is 1. The number of nitrogens with zero attached hydrogens (tertiary/aromatic N) is 1. The molecule has 0 aromatic rings. The van der Waals surface area contributed by atoms with E-state index in [9.17, 15) is 29.4 Å². The maximum Gasteiger partial charge on any atom is 0.306 e. The number of ether oxygens (including phenoxy) is 8. The molecule has 0 radical (unpaired) electrons. The van der Waals surface area contributed by atoms with Gasteiger partial charge in [-0.15, -0.1) is 6.58 Å². The van der Waals surface area contributed by atoms with Gasteiger partial charge in [0.15, 0.2) is 6.29 Å². The summed E-state index contributed by atoms with van der Waals surface area (Å²) in [6.07, 6.45) is 7.30. The molecule has 1 aliphatic carbocycles. The monoisotopic (exact) mass is 916 g/mol. The number of methoxy groups -OCH3 is 3. The summed E-state index contributed by atoms with van der Waals surface area (Å²) in [4.78, 5) is 56.0. The highest BCUT2D eigenvalue weighted by Crippen LogP contribution is 2.42. The van der Waals surface area contributed by atoms with E-state index in [2.05, 4.69) is 19.6 Å².